The molecule has 9 heteroatoms. The van der Waals surface area contributed by atoms with Crippen molar-refractivity contribution in [1.29, 1.82) is 5.26 Å². The molecule has 0 aliphatic heterocycles. The lowest BCUT2D eigenvalue weighted by molar-refractivity contribution is 0.292. The molecule has 0 spiro atoms. The summed E-state index contributed by atoms with van der Waals surface area (Å²) in [5, 5.41) is 20.3. The van der Waals surface area contributed by atoms with Crippen LogP contribution in [-0.4, -0.2) is 34.9 Å². The molecule has 1 aromatic heterocycles. The van der Waals surface area contributed by atoms with Crippen molar-refractivity contribution >= 4 is 9.84 Å². The van der Waals surface area contributed by atoms with Crippen LogP contribution in [0, 0.1) is 11.3 Å². The molecule has 25 heavy (non-hydrogen) atoms. The zero-order valence-corrected chi connectivity index (χ0v) is 14.0. The number of hydrogen-bond acceptors (Lipinski definition) is 7. The minimum Gasteiger partial charge on any atom is -0.485 e. The van der Waals surface area contributed by atoms with Crippen molar-refractivity contribution in [1.82, 2.24) is 20.2 Å². The number of aromatic nitrogens is 4. The third kappa shape index (κ3) is 3.81. The van der Waals surface area contributed by atoms with Crippen molar-refractivity contribution < 1.29 is 13.2 Å². The molecular weight excluding hydrogens is 342 g/mol. The van der Waals surface area contributed by atoms with Crippen LogP contribution in [0.1, 0.15) is 11.4 Å². The maximum Gasteiger partial charge on any atom is 0.194 e. The molecule has 0 aliphatic rings. The van der Waals surface area contributed by atoms with Crippen LogP contribution in [0.3, 0.4) is 0 Å². The van der Waals surface area contributed by atoms with Gasteiger partial charge < -0.3 is 4.74 Å². The topological polar surface area (TPSA) is 111 Å². The normalized spacial score (nSPS) is 11.0. The van der Waals surface area contributed by atoms with E-state index < -0.39 is 9.84 Å². The van der Waals surface area contributed by atoms with E-state index in [0.717, 1.165) is 6.26 Å². The van der Waals surface area contributed by atoms with E-state index in [2.05, 4.69) is 15.5 Å². The Kier molecular flexibility index (Phi) is 4.45. The summed E-state index contributed by atoms with van der Waals surface area (Å²) in [6.45, 7) is 0.0930. The van der Waals surface area contributed by atoms with Crippen LogP contribution >= 0.6 is 0 Å². The summed E-state index contributed by atoms with van der Waals surface area (Å²) in [6, 6.07) is 15.0. The summed E-state index contributed by atoms with van der Waals surface area (Å²) < 4.78 is 30.1. The van der Waals surface area contributed by atoms with Gasteiger partial charge in [-0.15, -0.1) is 5.10 Å². The molecule has 126 valence electrons. The summed E-state index contributed by atoms with van der Waals surface area (Å²) in [5.74, 6) is 0.968. The minimum atomic E-state index is -3.26. The van der Waals surface area contributed by atoms with Gasteiger partial charge in [-0.1, -0.05) is 6.07 Å². The molecule has 0 amide bonds. The second kappa shape index (κ2) is 6.70. The lowest BCUT2D eigenvalue weighted by Gasteiger charge is -2.07. The number of nitriles is 1. The molecule has 0 saturated carbocycles. The van der Waals surface area contributed by atoms with Gasteiger partial charge in [0.25, 0.3) is 0 Å². The van der Waals surface area contributed by atoms with E-state index in [1.54, 1.807) is 36.4 Å². The van der Waals surface area contributed by atoms with Crippen LogP contribution in [-0.2, 0) is 16.4 Å². The van der Waals surface area contributed by atoms with Gasteiger partial charge in [-0.25, -0.2) is 8.42 Å². The van der Waals surface area contributed by atoms with E-state index in [-0.39, 0.29) is 11.5 Å². The lowest BCUT2D eigenvalue weighted by Crippen LogP contribution is -2.07. The van der Waals surface area contributed by atoms with Crippen molar-refractivity contribution in [2.45, 2.75) is 11.5 Å². The summed E-state index contributed by atoms with van der Waals surface area (Å²) in [5.41, 5.74) is 1.11. The second-order valence-corrected chi connectivity index (χ2v) is 7.22. The Bertz CT molecular complexity index is 1040. The second-order valence-electron chi connectivity index (χ2n) is 5.20. The first-order chi connectivity index (χ1) is 12.0. The van der Waals surface area contributed by atoms with Crippen LogP contribution in [0.15, 0.2) is 53.4 Å². The van der Waals surface area contributed by atoms with Crippen LogP contribution in [0.5, 0.6) is 5.75 Å². The Hall–Kier alpha value is -3.25. The maximum atomic E-state index is 11.5. The third-order valence-corrected chi connectivity index (χ3v) is 4.50. The largest absolute Gasteiger partial charge is 0.485 e. The summed E-state index contributed by atoms with van der Waals surface area (Å²) in [4.78, 5) is 0.218. The molecule has 0 bridgehead atoms. The number of nitrogens with zero attached hydrogens (tertiary/aromatic N) is 5. The first-order valence-corrected chi connectivity index (χ1v) is 9.07. The zero-order chi connectivity index (χ0) is 17.9. The van der Waals surface area contributed by atoms with Gasteiger partial charge in [0.1, 0.15) is 12.4 Å². The first-order valence-electron chi connectivity index (χ1n) is 7.18. The zero-order valence-electron chi connectivity index (χ0n) is 13.2. The van der Waals surface area contributed by atoms with Crippen molar-refractivity contribution in [3.63, 3.8) is 0 Å². The molecule has 0 N–H and O–H groups in total. The highest BCUT2D eigenvalue weighted by Gasteiger charge is 2.11. The van der Waals surface area contributed by atoms with Crippen molar-refractivity contribution in [2.75, 3.05) is 6.26 Å². The van der Waals surface area contributed by atoms with Crippen LogP contribution in [0.2, 0.25) is 0 Å². The van der Waals surface area contributed by atoms with E-state index in [9.17, 15) is 8.42 Å². The number of ether oxygens (including phenoxy) is 1. The predicted octanol–water partition coefficient (Wildman–Crippen LogP) is 1.52. The number of tetrazole rings is 1. The average molecular weight is 355 g/mol. The first kappa shape index (κ1) is 16.6. The molecule has 0 saturated heterocycles. The molecule has 0 fully saturated rings. The Morgan fingerprint density at radius 3 is 2.64 bits per heavy atom. The lowest BCUT2D eigenvalue weighted by atomic mass is 10.2. The standard InChI is InChI=1S/C16H13N5O3S/c1-25(22,23)15-7-5-13(6-8-15)21-16(18-19-20-21)11-24-14-4-2-3-12(9-14)10-17/h2-9H,11H2,1H3. The van der Waals surface area contributed by atoms with Gasteiger partial charge in [-0.05, 0) is 52.9 Å². The van der Waals surface area contributed by atoms with E-state index >= 15 is 0 Å². The number of benzene rings is 2. The van der Waals surface area contributed by atoms with Crippen LogP contribution < -0.4 is 4.74 Å². The van der Waals surface area contributed by atoms with Gasteiger partial charge in [0.05, 0.1) is 22.2 Å². The van der Waals surface area contributed by atoms with Gasteiger partial charge in [0.2, 0.25) is 0 Å². The van der Waals surface area contributed by atoms with Gasteiger partial charge in [0, 0.05) is 6.26 Å². The fourth-order valence-electron chi connectivity index (χ4n) is 2.13. The third-order valence-electron chi connectivity index (χ3n) is 3.37. The molecular formula is C16H13N5O3S. The molecule has 0 unspecified atom stereocenters. The summed E-state index contributed by atoms with van der Waals surface area (Å²) in [7, 11) is -3.26. The highest BCUT2D eigenvalue weighted by atomic mass is 32.2. The molecule has 1 heterocycles. The highest BCUT2D eigenvalue weighted by molar-refractivity contribution is 7.90. The van der Waals surface area contributed by atoms with Crippen molar-refractivity contribution in [2.24, 2.45) is 0 Å². The van der Waals surface area contributed by atoms with Crippen LogP contribution in [0.4, 0.5) is 0 Å². The number of rotatable bonds is 5. The summed E-state index contributed by atoms with van der Waals surface area (Å²) in [6.07, 6.45) is 1.15. The Morgan fingerprint density at radius 2 is 1.96 bits per heavy atom. The Balaban J connectivity index is 1.80. The Morgan fingerprint density at radius 1 is 1.20 bits per heavy atom. The van der Waals surface area contributed by atoms with Gasteiger partial charge in [-0.2, -0.15) is 9.94 Å². The fourth-order valence-corrected chi connectivity index (χ4v) is 2.76. The van der Waals surface area contributed by atoms with Crippen molar-refractivity contribution in [3.05, 3.63) is 59.9 Å². The molecule has 2 aromatic carbocycles. The van der Waals surface area contributed by atoms with Gasteiger partial charge in [0.15, 0.2) is 15.7 Å². The minimum absolute atomic E-state index is 0.0930. The molecule has 0 atom stereocenters. The van der Waals surface area contributed by atoms with Crippen LogP contribution in [0.25, 0.3) is 5.69 Å². The van der Waals surface area contributed by atoms with Gasteiger partial charge in [-0.3, -0.25) is 0 Å². The van der Waals surface area contributed by atoms with E-state index in [4.69, 9.17) is 10.00 Å². The number of hydrogen-bond donors (Lipinski definition) is 0. The summed E-state index contributed by atoms with van der Waals surface area (Å²) >= 11 is 0. The van der Waals surface area contributed by atoms with E-state index in [0.29, 0.717) is 22.8 Å². The monoisotopic (exact) mass is 355 g/mol. The molecule has 3 aromatic rings. The fraction of sp³-hybridized carbons (Fsp3) is 0.125. The average Bonchev–Trinajstić information content (AvgIpc) is 3.08. The van der Waals surface area contributed by atoms with E-state index in [1.165, 1.54) is 16.8 Å². The smallest absolute Gasteiger partial charge is 0.194 e. The van der Waals surface area contributed by atoms with Gasteiger partial charge >= 0.3 is 0 Å². The maximum absolute atomic E-state index is 11.5. The highest BCUT2D eigenvalue weighted by Crippen LogP contribution is 2.16. The van der Waals surface area contributed by atoms with Crippen molar-refractivity contribution in [3.8, 4) is 17.5 Å². The SMILES string of the molecule is CS(=O)(=O)c1ccc(-n2nnnc2COc2cccc(C#N)c2)cc1. The molecule has 3 rings (SSSR count). The quantitative estimate of drug-likeness (QED) is 0.682. The molecule has 8 nitrogen and oxygen atoms in total. The predicted molar refractivity (Wildman–Crippen MR) is 87.8 cm³/mol. The number of sulfone groups is 1. The molecule has 0 aliphatic carbocycles. The Labute approximate surface area is 144 Å². The molecule has 0 radical (unpaired) electrons. The van der Waals surface area contributed by atoms with E-state index in [1.807, 2.05) is 6.07 Å².